The zero-order valence-electron chi connectivity index (χ0n) is 12.2. The van der Waals surface area contributed by atoms with E-state index in [0.717, 1.165) is 17.7 Å². The molecule has 0 aliphatic heterocycles. The maximum atomic E-state index is 9.69. The first-order valence-corrected chi connectivity index (χ1v) is 7.66. The normalized spacial score (nSPS) is 17.6. The molecule has 0 spiro atoms. The Bertz CT molecular complexity index is 384. The number of hydrogen-bond donors (Lipinski definition) is 2. The first kappa shape index (κ1) is 16.3. The number of methoxy groups -OCH3 is 1. The van der Waals surface area contributed by atoms with Crippen LogP contribution in [0, 0.1) is 0 Å². The third kappa shape index (κ3) is 4.71. The largest absolute Gasteiger partial charge is 0.497 e. The van der Waals surface area contributed by atoms with Crippen LogP contribution in [-0.2, 0) is 0 Å². The maximum absolute atomic E-state index is 9.69. The average molecular weight is 283 g/mol. The minimum Gasteiger partial charge on any atom is -0.497 e. The maximum Gasteiger partial charge on any atom is 0.119 e. The van der Waals surface area contributed by atoms with Crippen LogP contribution in [0.1, 0.15) is 38.0 Å². The molecular weight excluding hydrogens is 258 g/mol. The Morgan fingerprint density at radius 2 is 2.05 bits per heavy atom. The van der Waals surface area contributed by atoms with Gasteiger partial charge in [-0.05, 0) is 31.0 Å². The van der Waals surface area contributed by atoms with Crippen LogP contribution in [0.25, 0.3) is 0 Å². The molecule has 0 heterocycles. The van der Waals surface area contributed by atoms with Crippen molar-refractivity contribution in [3.05, 3.63) is 29.8 Å². The molecule has 0 radical (unpaired) electrons. The highest BCUT2D eigenvalue weighted by Crippen LogP contribution is 2.37. The highest BCUT2D eigenvalue weighted by Gasteiger charge is 2.24. The van der Waals surface area contributed by atoms with Crippen LogP contribution < -0.4 is 10.5 Å². The van der Waals surface area contributed by atoms with Gasteiger partial charge in [-0.25, -0.2) is 0 Å². The topological polar surface area (TPSA) is 55.5 Å². The van der Waals surface area contributed by atoms with Crippen LogP contribution in [0.15, 0.2) is 24.3 Å². The van der Waals surface area contributed by atoms with Crippen LogP contribution in [0.3, 0.4) is 0 Å². The molecule has 3 N–H and O–H groups in total. The van der Waals surface area contributed by atoms with E-state index in [2.05, 4.69) is 13.0 Å². The number of nitrogens with two attached hydrogens (primary N) is 1. The van der Waals surface area contributed by atoms with Crippen LogP contribution in [0.4, 0.5) is 0 Å². The van der Waals surface area contributed by atoms with Crippen LogP contribution >= 0.6 is 11.8 Å². The monoisotopic (exact) mass is 283 g/mol. The Hall–Kier alpha value is -0.710. The second-order valence-electron chi connectivity index (χ2n) is 4.85. The van der Waals surface area contributed by atoms with Gasteiger partial charge in [0, 0.05) is 16.5 Å². The lowest BCUT2D eigenvalue weighted by atomic mass is 10.0. The summed E-state index contributed by atoms with van der Waals surface area (Å²) in [6, 6.07) is 8.09. The first-order chi connectivity index (χ1) is 8.99. The molecule has 0 bridgehead atoms. The van der Waals surface area contributed by atoms with Crippen molar-refractivity contribution in [2.24, 2.45) is 5.73 Å². The summed E-state index contributed by atoms with van der Waals surface area (Å²) in [5, 5.41) is 10.0. The second-order valence-corrected chi connectivity index (χ2v) is 6.37. The molecule has 108 valence electrons. The predicted molar refractivity (Wildman–Crippen MR) is 82.7 cm³/mol. The number of hydrogen-bond acceptors (Lipinski definition) is 4. The van der Waals surface area contributed by atoms with Gasteiger partial charge in [-0.15, -0.1) is 11.8 Å². The molecule has 0 saturated heterocycles. The van der Waals surface area contributed by atoms with Crippen molar-refractivity contribution in [1.29, 1.82) is 0 Å². The van der Waals surface area contributed by atoms with E-state index in [-0.39, 0.29) is 22.6 Å². The lowest BCUT2D eigenvalue weighted by Crippen LogP contribution is -2.28. The fourth-order valence-corrected chi connectivity index (χ4v) is 3.19. The number of thioether (sulfide) groups is 1. The number of rotatable bonds is 7. The van der Waals surface area contributed by atoms with Gasteiger partial charge in [-0.2, -0.15) is 0 Å². The Labute approximate surface area is 120 Å². The molecule has 0 amide bonds. The van der Waals surface area contributed by atoms with E-state index < -0.39 is 0 Å². The lowest BCUT2D eigenvalue weighted by Gasteiger charge is -2.27. The summed E-state index contributed by atoms with van der Waals surface area (Å²) in [4.78, 5) is 0. The Morgan fingerprint density at radius 3 is 2.58 bits per heavy atom. The van der Waals surface area contributed by atoms with Gasteiger partial charge < -0.3 is 15.6 Å². The highest BCUT2D eigenvalue weighted by atomic mass is 32.2. The minimum atomic E-state index is -0.345. The zero-order valence-corrected chi connectivity index (χ0v) is 13.0. The standard InChI is InChI=1S/C15H25NO2S/c1-5-14(16)15(19-11(3)10(2)17)12-7-6-8-13(9-12)18-4/h6-11,14-15,17H,5,16H2,1-4H3. The Morgan fingerprint density at radius 1 is 1.37 bits per heavy atom. The zero-order chi connectivity index (χ0) is 14.4. The Balaban J connectivity index is 2.95. The highest BCUT2D eigenvalue weighted by molar-refractivity contribution is 8.00. The van der Waals surface area contributed by atoms with Crippen molar-refractivity contribution in [3.63, 3.8) is 0 Å². The minimum absolute atomic E-state index is 0.0679. The van der Waals surface area contributed by atoms with E-state index >= 15 is 0 Å². The molecule has 0 aliphatic carbocycles. The molecule has 1 aromatic carbocycles. The van der Waals surface area contributed by atoms with Crippen molar-refractivity contribution >= 4 is 11.8 Å². The summed E-state index contributed by atoms with van der Waals surface area (Å²) >= 11 is 1.73. The van der Waals surface area contributed by atoms with Gasteiger partial charge >= 0.3 is 0 Å². The summed E-state index contributed by atoms with van der Waals surface area (Å²) in [6.07, 6.45) is 0.559. The fourth-order valence-electron chi connectivity index (χ4n) is 1.80. The van der Waals surface area contributed by atoms with Crippen molar-refractivity contribution in [2.75, 3.05) is 7.11 Å². The summed E-state index contributed by atoms with van der Waals surface area (Å²) in [5.41, 5.74) is 7.40. The molecule has 4 atom stereocenters. The second kappa shape index (κ2) is 7.78. The molecule has 4 heteroatoms. The van der Waals surface area contributed by atoms with Crippen molar-refractivity contribution in [1.82, 2.24) is 0 Å². The molecule has 0 fully saturated rings. The summed E-state index contributed by atoms with van der Waals surface area (Å²) < 4.78 is 5.27. The molecule has 0 aromatic heterocycles. The quantitative estimate of drug-likeness (QED) is 0.808. The van der Waals surface area contributed by atoms with Crippen molar-refractivity contribution < 1.29 is 9.84 Å². The molecule has 3 nitrogen and oxygen atoms in total. The molecule has 1 aromatic rings. The van der Waals surface area contributed by atoms with Crippen LogP contribution in [-0.4, -0.2) is 29.6 Å². The van der Waals surface area contributed by atoms with Crippen LogP contribution in [0.2, 0.25) is 0 Å². The number of aliphatic hydroxyl groups excluding tert-OH is 1. The van der Waals surface area contributed by atoms with Gasteiger partial charge in [0.1, 0.15) is 5.75 Å². The smallest absolute Gasteiger partial charge is 0.119 e. The third-order valence-corrected chi connectivity index (χ3v) is 5.06. The van der Waals surface area contributed by atoms with E-state index in [1.807, 2.05) is 32.0 Å². The first-order valence-electron chi connectivity index (χ1n) is 6.72. The summed E-state index contributed by atoms with van der Waals surface area (Å²) in [7, 11) is 1.67. The van der Waals surface area contributed by atoms with Gasteiger partial charge in [-0.3, -0.25) is 0 Å². The SMILES string of the molecule is CCC(N)C(SC(C)C(C)O)c1cccc(OC)c1. The van der Waals surface area contributed by atoms with Gasteiger partial charge in [0.25, 0.3) is 0 Å². The number of ether oxygens (including phenoxy) is 1. The van der Waals surface area contributed by atoms with Crippen LogP contribution in [0.5, 0.6) is 5.75 Å². The van der Waals surface area contributed by atoms with E-state index in [1.165, 1.54) is 0 Å². The lowest BCUT2D eigenvalue weighted by molar-refractivity contribution is 0.196. The number of benzene rings is 1. The summed E-state index contributed by atoms with van der Waals surface area (Å²) in [6.45, 7) is 5.94. The average Bonchev–Trinajstić information content (AvgIpc) is 2.43. The van der Waals surface area contributed by atoms with Gasteiger partial charge in [0.15, 0.2) is 0 Å². The van der Waals surface area contributed by atoms with Gasteiger partial charge in [0.05, 0.1) is 13.2 Å². The van der Waals surface area contributed by atoms with Gasteiger partial charge in [-0.1, -0.05) is 26.0 Å². The van der Waals surface area contributed by atoms with Gasteiger partial charge in [0.2, 0.25) is 0 Å². The van der Waals surface area contributed by atoms with E-state index in [9.17, 15) is 5.11 Å². The third-order valence-electron chi connectivity index (χ3n) is 3.32. The van der Waals surface area contributed by atoms with E-state index in [1.54, 1.807) is 18.9 Å². The Kier molecular flexibility index (Phi) is 6.69. The predicted octanol–water partition coefficient (Wildman–Crippen LogP) is 2.98. The summed E-state index contributed by atoms with van der Waals surface area (Å²) in [5.74, 6) is 0.844. The molecule has 1 rings (SSSR count). The van der Waals surface area contributed by atoms with Crippen molar-refractivity contribution in [3.8, 4) is 5.75 Å². The fraction of sp³-hybridized carbons (Fsp3) is 0.600. The van der Waals surface area contributed by atoms with E-state index in [4.69, 9.17) is 10.5 Å². The molecule has 4 unspecified atom stereocenters. The number of aliphatic hydroxyl groups is 1. The molecule has 0 saturated carbocycles. The molecular formula is C15H25NO2S. The molecule has 0 aliphatic rings. The van der Waals surface area contributed by atoms with Crippen molar-refractivity contribution in [2.45, 2.75) is 49.8 Å². The van der Waals surface area contributed by atoms with E-state index in [0.29, 0.717) is 0 Å². The molecule has 19 heavy (non-hydrogen) atoms.